The molecule has 0 bridgehead atoms. The lowest BCUT2D eigenvalue weighted by atomic mass is 9.92. The van der Waals surface area contributed by atoms with Crippen LogP contribution in [0.15, 0.2) is 77.9 Å². The van der Waals surface area contributed by atoms with Crippen molar-refractivity contribution in [2.75, 3.05) is 18.4 Å². The molecule has 11 heteroatoms. The van der Waals surface area contributed by atoms with Crippen LogP contribution in [0, 0.1) is 0 Å². The van der Waals surface area contributed by atoms with Gasteiger partial charge in [-0.2, -0.15) is 13.2 Å². The number of fused-ring (bicyclic) bond motifs is 3. The fourth-order valence-corrected chi connectivity index (χ4v) is 5.01. The number of hydrogen-bond donors (Lipinski definition) is 2. The molecule has 2 aliphatic heterocycles. The van der Waals surface area contributed by atoms with Gasteiger partial charge in [0.1, 0.15) is 0 Å². The first-order chi connectivity index (χ1) is 19.2. The fraction of sp³-hybridized carbons (Fsp3) is 0.172. The molecule has 40 heavy (non-hydrogen) atoms. The first-order valence-corrected chi connectivity index (χ1v) is 12.8. The summed E-state index contributed by atoms with van der Waals surface area (Å²) in [7, 11) is 0. The summed E-state index contributed by atoms with van der Waals surface area (Å²) in [6.07, 6.45) is -2.95. The van der Waals surface area contributed by atoms with E-state index in [-0.39, 0.29) is 35.7 Å². The molecule has 0 spiro atoms. The van der Waals surface area contributed by atoms with Crippen molar-refractivity contribution in [2.24, 2.45) is 10.7 Å². The first-order valence-electron chi connectivity index (χ1n) is 12.5. The average Bonchev–Trinajstić information content (AvgIpc) is 3.07. The Labute approximate surface area is 232 Å². The number of likely N-dealkylation sites (tertiary alicyclic amines) is 1. The van der Waals surface area contributed by atoms with E-state index in [1.165, 1.54) is 12.1 Å². The third kappa shape index (κ3) is 4.91. The third-order valence-corrected chi connectivity index (χ3v) is 7.07. The van der Waals surface area contributed by atoms with Crippen LogP contribution in [-0.4, -0.2) is 45.6 Å². The second-order valence-electron chi connectivity index (χ2n) is 9.64. The maximum atomic E-state index is 13.9. The van der Waals surface area contributed by atoms with Crippen molar-refractivity contribution < 1.29 is 18.0 Å². The Morgan fingerprint density at radius 1 is 1.00 bits per heavy atom. The fourth-order valence-electron chi connectivity index (χ4n) is 4.84. The molecule has 4 aromatic rings. The van der Waals surface area contributed by atoms with E-state index in [0.29, 0.717) is 51.7 Å². The smallest absolute Gasteiger partial charge is 0.335 e. The zero-order chi connectivity index (χ0) is 28.0. The second kappa shape index (κ2) is 10.0. The number of amides is 1. The number of nitrogens with one attached hydrogen (secondary N) is 1. The quantitative estimate of drug-likeness (QED) is 0.333. The van der Waals surface area contributed by atoms with Crippen LogP contribution in [0.2, 0.25) is 5.02 Å². The molecule has 0 saturated carbocycles. The standard InChI is InChI=1S/C29H22ClF3N6O/c30-18-7-10-21-23(11-18)26(22-3-1-2-4-24(22)29(31,32)33)35-12-17-13-36-28(38-25(17)21)37-20-8-5-16(6-9-20)27(40)39-14-19(34)15-39/h1-11,13,19H,12,14-15,34H2,(H,36,37,38). The molecule has 6 rings (SSSR count). The average molecular weight is 563 g/mol. The van der Waals surface area contributed by atoms with Gasteiger partial charge in [-0.1, -0.05) is 35.9 Å². The number of anilines is 2. The van der Waals surface area contributed by atoms with E-state index in [1.54, 1.807) is 59.6 Å². The molecule has 3 aromatic carbocycles. The van der Waals surface area contributed by atoms with E-state index in [4.69, 9.17) is 22.3 Å². The predicted octanol–water partition coefficient (Wildman–Crippen LogP) is 5.69. The number of carbonyl (C=O) groups excluding carboxylic acids is 1. The molecule has 0 aliphatic carbocycles. The Morgan fingerprint density at radius 3 is 2.48 bits per heavy atom. The Morgan fingerprint density at radius 2 is 1.75 bits per heavy atom. The first kappa shape index (κ1) is 26.0. The van der Waals surface area contributed by atoms with E-state index < -0.39 is 11.7 Å². The lowest BCUT2D eigenvalue weighted by molar-refractivity contribution is -0.137. The van der Waals surface area contributed by atoms with Gasteiger partial charge in [0, 0.05) is 63.9 Å². The molecule has 3 heterocycles. The van der Waals surface area contributed by atoms with Gasteiger partial charge in [0.25, 0.3) is 5.91 Å². The number of nitrogens with two attached hydrogens (primary N) is 1. The van der Waals surface area contributed by atoms with Crippen LogP contribution >= 0.6 is 11.6 Å². The molecule has 0 unspecified atom stereocenters. The van der Waals surface area contributed by atoms with E-state index in [0.717, 1.165) is 6.07 Å². The third-order valence-electron chi connectivity index (χ3n) is 6.84. The molecule has 202 valence electrons. The number of alkyl halides is 3. The number of aliphatic imine (C=N–C) groups is 1. The van der Waals surface area contributed by atoms with Crippen molar-refractivity contribution in [3.8, 4) is 11.3 Å². The van der Waals surface area contributed by atoms with Crippen molar-refractivity contribution in [1.29, 1.82) is 0 Å². The highest BCUT2D eigenvalue weighted by atomic mass is 35.5. The van der Waals surface area contributed by atoms with E-state index >= 15 is 0 Å². The number of rotatable bonds is 4. The van der Waals surface area contributed by atoms with Crippen molar-refractivity contribution in [3.63, 3.8) is 0 Å². The van der Waals surface area contributed by atoms with Crippen molar-refractivity contribution in [1.82, 2.24) is 14.9 Å². The van der Waals surface area contributed by atoms with Crippen molar-refractivity contribution in [3.05, 3.63) is 106 Å². The summed E-state index contributed by atoms with van der Waals surface area (Å²) in [5, 5.41) is 3.50. The number of hydrogen-bond acceptors (Lipinski definition) is 6. The Bertz CT molecular complexity index is 1650. The van der Waals surface area contributed by atoms with Crippen LogP contribution in [0.5, 0.6) is 0 Å². The van der Waals surface area contributed by atoms with Gasteiger partial charge < -0.3 is 16.0 Å². The Hall–Kier alpha value is -4.28. The van der Waals surface area contributed by atoms with Crippen LogP contribution in [0.4, 0.5) is 24.8 Å². The molecule has 3 N–H and O–H groups in total. The van der Waals surface area contributed by atoms with Gasteiger partial charge in [0.05, 0.1) is 23.5 Å². The van der Waals surface area contributed by atoms with Gasteiger partial charge in [0.2, 0.25) is 5.95 Å². The largest absolute Gasteiger partial charge is 0.417 e. The van der Waals surface area contributed by atoms with Gasteiger partial charge in [-0.05, 0) is 42.5 Å². The van der Waals surface area contributed by atoms with Crippen LogP contribution in [0.3, 0.4) is 0 Å². The topological polar surface area (TPSA) is 96.5 Å². The monoisotopic (exact) mass is 562 g/mol. The summed E-state index contributed by atoms with van der Waals surface area (Å²) in [5.41, 5.74) is 8.58. The van der Waals surface area contributed by atoms with Crippen LogP contribution < -0.4 is 11.1 Å². The Kier molecular flexibility index (Phi) is 6.52. The summed E-state index contributed by atoms with van der Waals surface area (Å²) in [6.45, 7) is 1.17. The molecule has 1 amide bonds. The molecule has 1 fully saturated rings. The number of aromatic nitrogens is 2. The highest BCUT2D eigenvalue weighted by Gasteiger charge is 2.35. The van der Waals surface area contributed by atoms with Crippen LogP contribution in [-0.2, 0) is 12.7 Å². The zero-order valence-corrected chi connectivity index (χ0v) is 21.7. The summed E-state index contributed by atoms with van der Waals surface area (Å²) in [4.78, 5) is 27.9. The van der Waals surface area contributed by atoms with Crippen LogP contribution in [0.25, 0.3) is 11.3 Å². The van der Waals surface area contributed by atoms with Crippen molar-refractivity contribution >= 4 is 34.9 Å². The van der Waals surface area contributed by atoms with Gasteiger partial charge >= 0.3 is 6.18 Å². The molecule has 7 nitrogen and oxygen atoms in total. The minimum absolute atomic E-state index is 0.0252. The normalized spacial score (nSPS) is 14.9. The summed E-state index contributed by atoms with van der Waals surface area (Å²) in [5.74, 6) is 0.208. The summed E-state index contributed by atoms with van der Waals surface area (Å²) in [6, 6.07) is 17.3. The zero-order valence-electron chi connectivity index (χ0n) is 20.9. The maximum Gasteiger partial charge on any atom is 0.417 e. The van der Waals surface area contributed by atoms with E-state index in [1.807, 2.05) is 0 Å². The number of carbonyl (C=O) groups is 1. The van der Waals surface area contributed by atoms with Crippen LogP contribution in [0.1, 0.15) is 32.6 Å². The maximum absolute atomic E-state index is 13.9. The molecule has 1 saturated heterocycles. The molecule has 1 aromatic heterocycles. The molecule has 0 atom stereocenters. The van der Waals surface area contributed by atoms with Gasteiger partial charge in [-0.25, -0.2) is 9.97 Å². The summed E-state index contributed by atoms with van der Waals surface area (Å²) < 4.78 is 41.7. The van der Waals surface area contributed by atoms with Crippen molar-refractivity contribution in [2.45, 2.75) is 18.8 Å². The number of benzene rings is 3. The molecular formula is C29H22ClF3N6O. The molecular weight excluding hydrogens is 541 g/mol. The summed E-state index contributed by atoms with van der Waals surface area (Å²) >= 11 is 6.30. The van der Waals surface area contributed by atoms with E-state index in [9.17, 15) is 18.0 Å². The lowest BCUT2D eigenvalue weighted by Crippen LogP contribution is -2.57. The van der Waals surface area contributed by atoms with Gasteiger partial charge in [0.15, 0.2) is 0 Å². The highest BCUT2D eigenvalue weighted by molar-refractivity contribution is 6.31. The van der Waals surface area contributed by atoms with E-state index in [2.05, 4.69) is 15.3 Å². The number of halogens is 4. The minimum atomic E-state index is -4.56. The number of nitrogens with zero attached hydrogens (tertiary/aromatic N) is 4. The lowest BCUT2D eigenvalue weighted by Gasteiger charge is -2.36. The Balaban J connectivity index is 1.33. The molecule has 0 radical (unpaired) electrons. The second-order valence-corrected chi connectivity index (χ2v) is 10.1. The van der Waals surface area contributed by atoms with Gasteiger partial charge in [-0.15, -0.1) is 0 Å². The predicted molar refractivity (Wildman–Crippen MR) is 147 cm³/mol. The minimum Gasteiger partial charge on any atom is -0.335 e. The SMILES string of the molecule is NC1CN(C(=O)c2ccc(Nc3ncc4c(n3)-c3ccc(Cl)cc3C(c3ccccc3C(F)(F)F)=NC4)cc2)C1. The van der Waals surface area contributed by atoms with Gasteiger partial charge in [-0.3, -0.25) is 9.79 Å². The highest BCUT2D eigenvalue weighted by Crippen LogP contribution is 2.38. The molecule has 2 aliphatic rings.